The van der Waals surface area contributed by atoms with Crippen molar-refractivity contribution in [3.05, 3.63) is 48.0 Å². The number of halogens is 1. The number of primary amides is 1. The van der Waals surface area contributed by atoms with Crippen LogP contribution in [-0.4, -0.2) is 10.9 Å². The van der Waals surface area contributed by atoms with Crippen LogP contribution in [0.15, 0.2) is 36.5 Å². The summed E-state index contributed by atoms with van der Waals surface area (Å²) in [5.74, 6) is -0.677. The lowest BCUT2D eigenvalue weighted by Crippen LogP contribution is -2.12. The van der Waals surface area contributed by atoms with Crippen LogP contribution in [0.1, 0.15) is 10.5 Å². The molecular formula is C12H10FN3O2. The van der Waals surface area contributed by atoms with Gasteiger partial charge in [-0.25, -0.2) is 4.39 Å². The van der Waals surface area contributed by atoms with Gasteiger partial charge in [-0.15, -0.1) is 0 Å². The molecule has 92 valence electrons. The molecule has 0 aliphatic carbocycles. The van der Waals surface area contributed by atoms with Crippen LogP contribution in [0.4, 0.5) is 10.1 Å². The molecule has 0 aliphatic heterocycles. The molecule has 0 atom stereocenters. The number of rotatable bonds is 3. The summed E-state index contributed by atoms with van der Waals surface area (Å²) in [6, 6.07) is 6.63. The highest BCUT2D eigenvalue weighted by molar-refractivity contribution is 5.91. The second kappa shape index (κ2) is 4.70. The van der Waals surface area contributed by atoms with Crippen LogP contribution >= 0.6 is 0 Å². The predicted octanol–water partition coefficient (Wildman–Crippen LogP) is 1.69. The zero-order valence-corrected chi connectivity index (χ0v) is 9.26. The molecule has 0 fully saturated rings. The fraction of sp³-hybridized carbons (Fsp3) is 0. The molecule has 1 aromatic heterocycles. The SMILES string of the molecule is NC(=O)c1cc(Oc2cc(F)ccc2N)ccn1. The first kappa shape index (κ1) is 11.8. The molecule has 5 nitrogen and oxygen atoms in total. The number of amides is 1. The second-order valence-corrected chi connectivity index (χ2v) is 3.53. The lowest BCUT2D eigenvalue weighted by Gasteiger charge is -2.08. The maximum atomic E-state index is 13.0. The minimum absolute atomic E-state index is 0.0578. The molecule has 0 aliphatic rings. The third-order valence-electron chi connectivity index (χ3n) is 2.19. The first-order valence-corrected chi connectivity index (χ1v) is 5.05. The summed E-state index contributed by atoms with van der Waals surface area (Å²) in [5.41, 5.74) is 11.1. The van der Waals surface area contributed by atoms with Gasteiger partial charge in [0.2, 0.25) is 0 Å². The molecule has 1 amide bonds. The van der Waals surface area contributed by atoms with Crippen molar-refractivity contribution in [1.82, 2.24) is 4.98 Å². The molecule has 0 unspecified atom stereocenters. The van der Waals surface area contributed by atoms with E-state index in [1.54, 1.807) is 0 Å². The van der Waals surface area contributed by atoms with E-state index in [0.717, 1.165) is 6.07 Å². The molecule has 4 N–H and O–H groups in total. The van der Waals surface area contributed by atoms with Gasteiger partial charge in [-0.1, -0.05) is 0 Å². The van der Waals surface area contributed by atoms with Gasteiger partial charge in [-0.3, -0.25) is 9.78 Å². The number of ether oxygens (including phenoxy) is 1. The molecule has 0 saturated heterocycles. The van der Waals surface area contributed by atoms with E-state index in [0.29, 0.717) is 5.75 Å². The molecule has 0 radical (unpaired) electrons. The zero-order valence-electron chi connectivity index (χ0n) is 9.26. The van der Waals surface area contributed by atoms with E-state index >= 15 is 0 Å². The van der Waals surface area contributed by atoms with E-state index in [9.17, 15) is 9.18 Å². The molecule has 0 saturated carbocycles. The van der Waals surface area contributed by atoms with E-state index < -0.39 is 11.7 Å². The summed E-state index contributed by atoms with van der Waals surface area (Å²) in [6.45, 7) is 0. The lowest BCUT2D eigenvalue weighted by molar-refractivity contribution is 0.0995. The first-order chi connectivity index (χ1) is 8.56. The summed E-state index contributed by atoms with van der Waals surface area (Å²) in [5, 5.41) is 0. The smallest absolute Gasteiger partial charge is 0.267 e. The van der Waals surface area contributed by atoms with Crippen molar-refractivity contribution in [2.24, 2.45) is 5.73 Å². The Morgan fingerprint density at radius 3 is 2.78 bits per heavy atom. The Balaban J connectivity index is 2.31. The van der Waals surface area contributed by atoms with Crippen LogP contribution in [0.5, 0.6) is 11.5 Å². The van der Waals surface area contributed by atoms with Gasteiger partial charge in [0.1, 0.15) is 17.3 Å². The van der Waals surface area contributed by atoms with Crippen molar-refractivity contribution in [1.29, 1.82) is 0 Å². The van der Waals surface area contributed by atoms with Gasteiger partial charge in [0.15, 0.2) is 5.75 Å². The largest absolute Gasteiger partial charge is 0.455 e. The number of hydrogen-bond donors (Lipinski definition) is 2. The third-order valence-corrected chi connectivity index (χ3v) is 2.19. The van der Waals surface area contributed by atoms with Crippen molar-refractivity contribution < 1.29 is 13.9 Å². The summed E-state index contributed by atoms with van der Waals surface area (Å²) in [4.78, 5) is 14.7. The summed E-state index contributed by atoms with van der Waals surface area (Å²) >= 11 is 0. The van der Waals surface area contributed by atoms with Gasteiger partial charge in [-0.05, 0) is 18.2 Å². The average molecular weight is 247 g/mol. The number of pyridine rings is 1. The summed E-state index contributed by atoms with van der Waals surface area (Å²) in [6.07, 6.45) is 1.37. The van der Waals surface area contributed by atoms with E-state index in [1.807, 2.05) is 0 Å². The lowest BCUT2D eigenvalue weighted by atomic mass is 10.3. The number of nitrogens with two attached hydrogens (primary N) is 2. The number of carbonyl (C=O) groups is 1. The van der Waals surface area contributed by atoms with Gasteiger partial charge in [0, 0.05) is 18.3 Å². The van der Waals surface area contributed by atoms with E-state index in [1.165, 1.54) is 30.5 Å². The minimum atomic E-state index is -0.673. The standard InChI is InChI=1S/C12H10FN3O2/c13-7-1-2-9(14)11(5-7)18-8-3-4-16-10(6-8)12(15)17/h1-6H,14H2,(H2,15,17). The van der Waals surface area contributed by atoms with E-state index in [2.05, 4.69) is 4.98 Å². The maximum absolute atomic E-state index is 13.0. The number of aromatic nitrogens is 1. The Labute approximate surface area is 102 Å². The number of benzene rings is 1. The molecule has 18 heavy (non-hydrogen) atoms. The van der Waals surface area contributed by atoms with Crippen LogP contribution in [0.3, 0.4) is 0 Å². The fourth-order valence-electron chi connectivity index (χ4n) is 1.33. The number of nitrogens with zero attached hydrogens (tertiary/aromatic N) is 1. The van der Waals surface area contributed by atoms with Crippen LogP contribution in [0.2, 0.25) is 0 Å². The molecule has 2 rings (SSSR count). The maximum Gasteiger partial charge on any atom is 0.267 e. The quantitative estimate of drug-likeness (QED) is 0.807. The topological polar surface area (TPSA) is 91.2 Å². The Bertz CT molecular complexity index is 602. The first-order valence-electron chi connectivity index (χ1n) is 5.05. The van der Waals surface area contributed by atoms with Crippen molar-refractivity contribution in [3.63, 3.8) is 0 Å². The Kier molecular flexibility index (Phi) is 3.09. The van der Waals surface area contributed by atoms with Crippen molar-refractivity contribution in [2.45, 2.75) is 0 Å². The van der Waals surface area contributed by atoms with Gasteiger partial charge in [0.05, 0.1) is 5.69 Å². The van der Waals surface area contributed by atoms with Crippen LogP contribution in [0, 0.1) is 5.82 Å². The number of hydrogen-bond acceptors (Lipinski definition) is 4. The second-order valence-electron chi connectivity index (χ2n) is 3.53. The van der Waals surface area contributed by atoms with Gasteiger partial charge in [0.25, 0.3) is 5.91 Å². The predicted molar refractivity (Wildman–Crippen MR) is 63.6 cm³/mol. The van der Waals surface area contributed by atoms with Crippen LogP contribution < -0.4 is 16.2 Å². The Morgan fingerprint density at radius 1 is 1.28 bits per heavy atom. The Hall–Kier alpha value is -2.63. The normalized spacial score (nSPS) is 10.1. The number of anilines is 1. The molecule has 1 aromatic carbocycles. The van der Waals surface area contributed by atoms with Gasteiger partial charge < -0.3 is 16.2 Å². The molecule has 1 heterocycles. The van der Waals surface area contributed by atoms with Crippen LogP contribution in [-0.2, 0) is 0 Å². The van der Waals surface area contributed by atoms with Gasteiger partial charge >= 0.3 is 0 Å². The number of nitrogen functional groups attached to an aromatic ring is 1. The van der Waals surface area contributed by atoms with E-state index in [4.69, 9.17) is 16.2 Å². The van der Waals surface area contributed by atoms with Crippen molar-refractivity contribution in [3.8, 4) is 11.5 Å². The highest BCUT2D eigenvalue weighted by Gasteiger charge is 2.07. The molecular weight excluding hydrogens is 237 g/mol. The summed E-state index contributed by atoms with van der Waals surface area (Å²) < 4.78 is 18.4. The Morgan fingerprint density at radius 2 is 2.06 bits per heavy atom. The summed E-state index contributed by atoms with van der Waals surface area (Å²) in [7, 11) is 0. The molecule has 2 aromatic rings. The fourth-order valence-corrected chi connectivity index (χ4v) is 1.33. The molecule has 0 spiro atoms. The third kappa shape index (κ3) is 2.54. The highest BCUT2D eigenvalue weighted by atomic mass is 19.1. The van der Waals surface area contributed by atoms with Crippen molar-refractivity contribution >= 4 is 11.6 Å². The average Bonchev–Trinajstić information content (AvgIpc) is 2.34. The number of carbonyl (C=O) groups excluding carboxylic acids is 1. The molecule has 0 bridgehead atoms. The molecule has 6 heteroatoms. The minimum Gasteiger partial charge on any atom is -0.455 e. The van der Waals surface area contributed by atoms with E-state index in [-0.39, 0.29) is 17.1 Å². The van der Waals surface area contributed by atoms with Crippen molar-refractivity contribution in [2.75, 3.05) is 5.73 Å². The van der Waals surface area contributed by atoms with Gasteiger partial charge in [-0.2, -0.15) is 0 Å². The zero-order chi connectivity index (χ0) is 13.1. The highest BCUT2D eigenvalue weighted by Crippen LogP contribution is 2.27. The van der Waals surface area contributed by atoms with Crippen LogP contribution in [0.25, 0.3) is 0 Å². The monoisotopic (exact) mass is 247 g/mol.